The van der Waals surface area contributed by atoms with E-state index in [0.29, 0.717) is 0 Å². The normalized spacial score (nSPS) is 17.2. The maximum absolute atomic E-state index is 11.8. The predicted octanol–water partition coefficient (Wildman–Crippen LogP) is 2.65. The molecule has 1 N–H and O–H groups in total. The Morgan fingerprint density at radius 3 is 2.47 bits per heavy atom. The van der Waals surface area contributed by atoms with E-state index in [1.807, 2.05) is 31.2 Å². The van der Waals surface area contributed by atoms with Gasteiger partial charge in [-0.25, -0.2) is 0 Å². The number of benzene rings is 1. The van der Waals surface area contributed by atoms with Crippen molar-refractivity contribution in [3.05, 3.63) is 35.4 Å². The third-order valence-corrected chi connectivity index (χ3v) is 3.88. The summed E-state index contributed by atoms with van der Waals surface area (Å²) in [6.07, 6.45) is 2.16. The second-order valence-corrected chi connectivity index (χ2v) is 4.79. The number of halogens is 1. The molecule has 0 radical (unpaired) electrons. The van der Waals surface area contributed by atoms with Crippen molar-refractivity contribution in [2.45, 2.75) is 25.3 Å². The number of rotatable bonds is 3. The lowest BCUT2D eigenvalue weighted by atomic mass is 10.1. The van der Waals surface area contributed by atoms with E-state index in [9.17, 15) is 4.79 Å². The first kappa shape index (κ1) is 10.7. The summed E-state index contributed by atoms with van der Waals surface area (Å²) < 4.78 is 0. The Balaban J connectivity index is 2.05. The van der Waals surface area contributed by atoms with Crippen LogP contribution in [0.4, 0.5) is 0 Å². The Morgan fingerprint density at radius 2 is 2.00 bits per heavy atom. The summed E-state index contributed by atoms with van der Waals surface area (Å²) >= 11 is 3.43. The maximum atomic E-state index is 11.8. The van der Waals surface area contributed by atoms with Gasteiger partial charge in [-0.3, -0.25) is 4.79 Å². The molecule has 0 aromatic heterocycles. The number of aryl methyl sites for hydroxylation is 1. The average Bonchev–Trinajstić information content (AvgIpc) is 2.99. The van der Waals surface area contributed by atoms with Gasteiger partial charge < -0.3 is 5.32 Å². The first-order valence-electron chi connectivity index (χ1n) is 5.10. The summed E-state index contributed by atoms with van der Waals surface area (Å²) in [4.78, 5) is 11.8. The van der Waals surface area contributed by atoms with E-state index in [1.165, 1.54) is 5.56 Å². The molecule has 0 aliphatic heterocycles. The fourth-order valence-corrected chi connectivity index (χ4v) is 2.16. The smallest absolute Gasteiger partial charge is 0.251 e. The number of hydrogen-bond donors (Lipinski definition) is 1. The number of carbonyl (C=O) groups excluding carboxylic acids is 1. The van der Waals surface area contributed by atoms with Gasteiger partial charge in [0, 0.05) is 10.9 Å². The van der Waals surface area contributed by atoms with E-state index < -0.39 is 0 Å². The Morgan fingerprint density at radius 1 is 1.40 bits per heavy atom. The van der Waals surface area contributed by atoms with Gasteiger partial charge in [0.2, 0.25) is 0 Å². The fourth-order valence-electron chi connectivity index (χ4n) is 1.46. The van der Waals surface area contributed by atoms with Gasteiger partial charge >= 0.3 is 0 Å². The maximum Gasteiger partial charge on any atom is 0.251 e. The van der Waals surface area contributed by atoms with Crippen LogP contribution >= 0.6 is 15.9 Å². The molecule has 0 bridgehead atoms. The number of alkyl halides is 1. The van der Waals surface area contributed by atoms with E-state index in [2.05, 4.69) is 21.2 Å². The molecule has 0 atom stereocenters. The molecule has 1 aliphatic rings. The number of amides is 1. The molecule has 1 aromatic rings. The van der Waals surface area contributed by atoms with Gasteiger partial charge in [-0.1, -0.05) is 33.6 Å². The molecule has 1 amide bonds. The molecule has 0 spiro atoms. The van der Waals surface area contributed by atoms with Crippen molar-refractivity contribution in [1.82, 2.24) is 5.32 Å². The summed E-state index contributed by atoms with van der Waals surface area (Å²) in [6, 6.07) is 7.66. The van der Waals surface area contributed by atoms with E-state index >= 15 is 0 Å². The van der Waals surface area contributed by atoms with Crippen LogP contribution in [0.15, 0.2) is 24.3 Å². The summed E-state index contributed by atoms with van der Waals surface area (Å²) in [5.41, 5.74) is 1.95. The highest BCUT2D eigenvalue weighted by Crippen LogP contribution is 2.37. The standard InChI is InChI=1S/C12H14BrNO/c1-9-2-4-10(5-3-9)11(15)14-12(8-13)6-7-12/h2-5H,6-8H2,1H3,(H,14,15). The third kappa shape index (κ3) is 2.40. The molecule has 2 nitrogen and oxygen atoms in total. The zero-order valence-electron chi connectivity index (χ0n) is 8.72. The quantitative estimate of drug-likeness (QED) is 0.839. The Kier molecular flexibility index (Phi) is 2.83. The van der Waals surface area contributed by atoms with Crippen molar-refractivity contribution in [3.63, 3.8) is 0 Å². The van der Waals surface area contributed by atoms with E-state index in [0.717, 1.165) is 23.7 Å². The largest absolute Gasteiger partial charge is 0.346 e. The van der Waals surface area contributed by atoms with Crippen LogP contribution in [-0.2, 0) is 0 Å². The highest BCUT2D eigenvalue weighted by molar-refractivity contribution is 9.09. The monoisotopic (exact) mass is 267 g/mol. The molecule has 0 saturated heterocycles. The van der Waals surface area contributed by atoms with Crippen molar-refractivity contribution >= 4 is 21.8 Å². The lowest BCUT2D eigenvalue weighted by Crippen LogP contribution is -2.38. The summed E-state index contributed by atoms with van der Waals surface area (Å²) in [7, 11) is 0. The highest BCUT2D eigenvalue weighted by Gasteiger charge is 2.42. The van der Waals surface area contributed by atoms with Crippen LogP contribution in [0.3, 0.4) is 0 Å². The third-order valence-electron chi connectivity index (χ3n) is 2.80. The molecule has 80 valence electrons. The molecule has 2 rings (SSSR count). The Hall–Kier alpha value is -0.830. The van der Waals surface area contributed by atoms with Gasteiger partial charge in [-0.05, 0) is 31.9 Å². The molecule has 1 aromatic carbocycles. The van der Waals surface area contributed by atoms with Crippen molar-refractivity contribution in [3.8, 4) is 0 Å². The molecular formula is C12H14BrNO. The van der Waals surface area contributed by atoms with Crippen LogP contribution in [0, 0.1) is 6.92 Å². The minimum atomic E-state index is 0.0297. The fraction of sp³-hybridized carbons (Fsp3) is 0.417. The van der Waals surface area contributed by atoms with Crippen LogP contribution in [0.25, 0.3) is 0 Å². The van der Waals surface area contributed by atoms with E-state index in [-0.39, 0.29) is 11.4 Å². The summed E-state index contributed by atoms with van der Waals surface area (Å²) in [6.45, 7) is 2.02. The van der Waals surface area contributed by atoms with Gasteiger partial charge in [0.25, 0.3) is 5.91 Å². The molecule has 0 heterocycles. The van der Waals surface area contributed by atoms with Crippen LogP contribution in [0.2, 0.25) is 0 Å². The molecular weight excluding hydrogens is 254 g/mol. The van der Waals surface area contributed by atoms with Crippen molar-refractivity contribution in [2.24, 2.45) is 0 Å². The number of hydrogen-bond acceptors (Lipinski definition) is 1. The van der Waals surface area contributed by atoms with Crippen LogP contribution in [0.1, 0.15) is 28.8 Å². The van der Waals surface area contributed by atoms with Gasteiger partial charge in [0.1, 0.15) is 0 Å². The minimum absolute atomic E-state index is 0.0297. The van der Waals surface area contributed by atoms with Gasteiger partial charge in [0.05, 0.1) is 5.54 Å². The predicted molar refractivity (Wildman–Crippen MR) is 64.4 cm³/mol. The Bertz CT molecular complexity index is 368. The topological polar surface area (TPSA) is 29.1 Å². The zero-order chi connectivity index (χ0) is 10.9. The number of carbonyl (C=O) groups is 1. The van der Waals surface area contributed by atoms with Crippen molar-refractivity contribution in [2.75, 3.05) is 5.33 Å². The molecule has 3 heteroatoms. The van der Waals surface area contributed by atoms with E-state index in [1.54, 1.807) is 0 Å². The summed E-state index contributed by atoms with van der Waals surface area (Å²) in [5.74, 6) is 0.0342. The molecule has 1 aliphatic carbocycles. The van der Waals surface area contributed by atoms with Crippen LogP contribution in [-0.4, -0.2) is 16.8 Å². The first-order chi connectivity index (χ1) is 7.15. The molecule has 0 unspecified atom stereocenters. The van der Waals surface area contributed by atoms with Crippen molar-refractivity contribution < 1.29 is 4.79 Å². The SMILES string of the molecule is Cc1ccc(C(=O)NC2(CBr)CC2)cc1. The molecule has 1 saturated carbocycles. The second-order valence-electron chi connectivity index (χ2n) is 4.23. The van der Waals surface area contributed by atoms with Crippen LogP contribution < -0.4 is 5.32 Å². The lowest BCUT2D eigenvalue weighted by Gasteiger charge is -2.14. The molecule has 15 heavy (non-hydrogen) atoms. The number of nitrogens with one attached hydrogen (secondary N) is 1. The second kappa shape index (κ2) is 3.97. The molecule has 1 fully saturated rings. The minimum Gasteiger partial charge on any atom is -0.346 e. The highest BCUT2D eigenvalue weighted by atomic mass is 79.9. The Labute approximate surface area is 98.2 Å². The first-order valence-corrected chi connectivity index (χ1v) is 6.22. The lowest BCUT2D eigenvalue weighted by molar-refractivity contribution is 0.0936. The van der Waals surface area contributed by atoms with Gasteiger partial charge in [-0.15, -0.1) is 0 Å². The zero-order valence-corrected chi connectivity index (χ0v) is 10.3. The van der Waals surface area contributed by atoms with Gasteiger partial charge in [0.15, 0.2) is 0 Å². The van der Waals surface area contributed by atoms with Gasteiger partial charge in [-0.2, -0.15) is 0 Å². The van der Waals surface area contributed by atoms with Crippen molar-refractivity contribution in [1.29, 1.82) is 0 Å². The van der Waals surface area contributed by atoms with Crippen LogP contribution in [0.5, 0.6) is 0 Å². The summed E-state index contributed by atoms with van der Waals surface area (Å²) in [5, 5.41) is 3.91. The van der Waals surface area contributed by atoms with E-state index in [4.69, 9.17) is 0 Å². The average molecular weight is 268 g/mol.